The molecule has 0 radical (unpaired) electrons. The minimum Gasteiger partial charge on any atom is -0.465 e. The maximum Gasteiger partial charge on any atom is 0.348 e. The number of alkyl halides is 2. The van der Waals surface area contributed by atoms with E-state index in [0.717, 1.165) is 4.88 Å². The van der Waals surface area contributed by atoms with Crippen LogP contribution in [0.15, 0.2) is 12.1 Å². The van der Waals surface area contributed by atoms with E-state index in [-0.39, 0.29) is 12.8 Å². The first-order chi connectivity index (χ1) is 8.92. The number of hydrogen-bond acceptors (Lipinski definition) is 4. The van der Waals surface area contributed by atoms with Crippen LogP contribution in [0, 0.1) is 0 Å². The number of ether oxygens (including phenoxy) is 1. The highest BCUT2D eigenvalue weighted by atomic mass is 32.1. The Balaban J connectivity index is 2.23. The van der Waals surface area contributed by atoms with Gasteiger partial charge in [-0.1, -0.05) is 0 Å². The average Bonchev–Trinajstić information content (AvgIpc) is 2.89. The number of carbonyl (C=O) groups is 1. The fourth-order valence-corrected chi connectivity index (χ4v) is 3.66. The first-order valence-corrected chi connectivity index (χ1v) is 7.01. The van der Waals surface area contributed by atoms with Crippen molar-refractivity contribution in [3.05, 3.63) is 21.9 Å². The van der Waals surface area contributed by atoms with Gasteiger partial charge in [-0.15, -0.1) is 11.3 Å². The van der Waals surface area contributed by atoms with E-state index in [9.17, 15) is 13.6 Å². The van der Waals surface area contributed by atoms with E-state index in [0.29, 0.717) is 24.3 Å². The van der Waals surface area contributed by atoms with Crippen LogP contribution >= 0.6 is 11.3 Å². The summed E-state index contributed by atoms with van der Waals surface area (Å²) in [6.45, 7) is 0.324. The van der Waals surface area contributed by atoms with Crippen LogP contribution in [0.4, 0.5) is 8.78 Å². The first kappa shape index (κ1) is 14.4. The SMILES string of the molecule is COC(=O)c1ccc(C2(CN)CCC(F)(F)CC2)s1. The van der Waals surface area contributed by atoms with Crippen molar-refractivity contribution < 1.29 is 18.3 Å². The maximum absolute atomic E-state index is 13.3. The van der Waals surface area contributed by atoms with Crippen LogP contribution in [-0.2, 0) is 10.2 Å². The van der Waals surface area contributed by atoms with Gasteiger partial charge in [0, 0.05) is 29.7 Å². The van der Waals surface area contributed by atoms with Gasteiger partial charge in [0.15, 0.2) is 0 Å². The van der Waals surface area contributed by atoms with E-state index in [1.54, 1.807) is 6.07 Å². The molecule has 1 saturated carbocycles. The fourth-order valence-electron chi connectivity index (χ4n) is 2.48. The van der Waals surface area contributed by atoms with Crippen LogP contribution in [-0.4, -0.2) is 25.5 Å². The second-order valence-corrected chi connectivity index (χ2v) is 6.08. The van der Waals surface area contributed by atoms with Crippen LogP contribution in [0.5, 0.6) is 0 Å². The molecule has 2 rings (SSSR count). The monoisotopic (exact) mass is 289 g/mol. The normalized spacial score (nSPS) is 21.1. The highest BCUT2D eigenvalue weighted by Gasteiger charge is 2.44. The van der Waals surface area contributed by atoms with Gasteiger partial charge in [-0.25, -0.2) is 13.6 Å². The summed E-state index contributed by atoms with van der Waals surface area (Å²) in [6.07, 6.45) is 0.431. The lowest BCUT2D eigenvalue weighted by atomic mass is 9.72. The molecule has 0 amide bonds. The molecule has 1 aliphatic carbocycles. The van der Waals surface area contributed by atoms with E-state index < -0.39 is 17.3 Å². The van der Waals surface area contributed by atoms with E-state index >= 15 is 0 Å². The number of carbonyl (C=O) groups excluding carboxylic acids is 1. The average molecular weight is 289 g/mol. The molecule has 0 bridgehead atoms. The summed E-state index contributed by atoms with van der Waals surface area (Å²) >= 11 is 1.30. The summed E-state index contributed by atoms with van der Waals surface area (Å²) in [7, 11) is 1.32. The molecule has 106 valence electrons. The molecule has 1 heterocycles. The Morgan fingerprint density at radius 2 is 2.00 bits per heavy atom. The zero-order valence-corrected chi connectivity index (χ0v) is 11.6. The van der Waals surface area contributed by atoms with Gasteiger partial charge < -0.3 is 10.5 Å². The lowest BCUT2D eigenvalue weighted by Gasteiger charge is -2.38. The Morgan fingerprint density at radius 1 is 1.37 bits per heavy atom. The van der Waals surface area contributed by atoms with Gasteiger partial charge >= 0.3 is 5.97 Å². The topological polar surface area (TPSA) is 52.3 Å². The zero-order valence-electron chi connectivity index (χ0n) is 10.7. The quantitative estimate of drug-likeness (QED) is 0.870. The summed E-state index contributed by atoms with van der Waals surface area (Å²) < 4.78 is 31.2. The Hall–Kier alpha value is -1.01. The van der Waals surface area contributed by atoms with Crippen molar-refractivity contribution >= 4 is 17.3 Å². The smallest absolute Gasteiger partial charge is 0.348 e. The summed E-state index contributed by atoms with van der Waals surface area (Å²) in [5.74, 6) is -2.98. The highest BCUT2D eigenvalue weighted by molar-refractivity contribution is 7.14. The molecule has 0 saturated heterocycles. The lowest BCUT2D eigenvalue weighted by Crippen LogP contribution is -2.41. The third-order valence-electron chi connectivity index (χ3n) is 3.84. The number of thiophene rings is 1. The second kappa shape index (κ2) is 5.17. The largest absolute Gasteiger partial charge is 0.465 e. The third-order valence-corrected chi connectivity index (χ3v) is 5.16. The number of rotatable bonds is 3. The number of halogens is 2. The molecule has 0 unspecified atom stereocenters. The minimum absolute atomic E-state index is 0.143. The molecule has 19 heavy (non-hydrogen) atoms. The summed E-state index contributed by atoms with van der Waals surface area (Å²) in [6, 6.07) is 3.49. The lowest BCUT2D eigenvalue weighted by molar-refractivity contribution is -0.0504. The number of nitrogens with two attached hydrogens (primary N) is 1. The molecule has 1 aromatic heterocycles. The Labute approximate surface area is 114 Å². The summed E-state index contributed by atoms with van der Waals surface area (Å²) in [5, 5.41) is 0. The van der Waals surface area contributed by atoms with Crippen molar-refractivity contribution in [1.29, 1.82) is 0 Å². The molecular formula is C13H17F2NO2S. The first-order valence-electron chi connectivity index (χ1n) is 6.19. The van der Waals surface area contributed by atoms with Crippen LogP contribution in [0.2, 0.25) is 0 Å². The minimum atomic E-state index is -2.58. The molecule has 2 N–H and O–H groups in total. The van der Waals surface area contributed by atoms with E-state index in [2.05, 4.69) is 4.74 Å². The number of hydrogen-bond donors (Lipinski definition) is 1. The number of esters is 1. The van der Waals surface area contributed by atoms with E-state index in [4.69, 9.17) is 5.73 Å². The molecule has 0 aliphatic heterocycles. The molecule has 3 nitrogen and oxygen atoms in total. The van der Waals surface area contributed by atoms with E-state index in [1.165, 1.54) is 18.4 Å². The standard InChI is InChI=1S/C13H17F2NO2S/c1-18-11(17)9-2-3-10(19-9)12(8-16)4-6-13(14,15)7-5-12/h2-3H,4-8,16H2,1H3. The third kappa shape index (κ3) is 2.79. The van der Waals surface area contributed by atoms with Crippen LogP contribution in [0.25, 0.3) is 0 Å². The fraction of sp³-hybridized carbons (Fsp3) is 0.615. The molecular weight excluding hydrogens is 272 g/mol. The molecule has 6 heteroatoms. The Bertz CT molecular complexity index is 463. The Kier molecular flexibility index (Phi) is 3.92. The number of methoxy groups -OCH3 is 1. The molecule has 0 atom stereocenters. The van der Waals surface area contributed by atoms with Crippen molar-refractivity contribution in [1.82, 2.24) is 0 Å². The van der Waals surface area contributed by atoms with Crippen molar-refractivity contribution in [3.8, 4) is 0 Å². The van der Waals surface area contributed by atoms with Gasteiger partial charge in [-0.05, 0) is 25.0 Å². The maximum atomic E-state index is 13.3. The molecule has 0 spiro atoms. The van der Waals surface area contributed by atoms with Gasteiger partial charge in [-0.3, -0.25) is 0 Å². The van der Waals surface area contributed by atoms with Crippen molar-refractivity contribution in [2.75, 3.05) is 13.7 Å². The highest BCUT2D eigenvalue weighted by Crippen LogP contribution is 2.46. The zero-order chi connectivity index (χ0) is 14.1. The molecule has 0 aromatic carbocycles. The van der Waals surface area contributed by atoms with Gasteiger partial charge in [0.2, 0.25) is 5.92 Å². The molecule has 1 aliphatic rings. The van der Waals surface area contributed by atoms with Gasteiger partial charge in [-0.2, -0.15) is 0 Å². The Morgan fingerprint density at radius 3 is 2.53 bits per heavy atom. The molecule has 1 fully saturated rings. The van der Waals surface area contributed by atoms with Gasteiger partial charge in [0.05, 0.1) is 7.11 Å². The molecule has 1 aromatic rings. The predicted molar refractivity (Wildman–Crippen MR) is 69.8 cm³/mol. The van der Waals surface area contributed by atoms with Crippen LogP contribution in [0.3, 0.4) is 0 Å². The predicted octanol–water partition coefficient (Wildman–Crippen LogP) is 2.94. The van der Waals surface area contributed by atoms with Gasteiger partial charge in [0.1, 0.15) is 4.88 Å². The van der Waals surface area contributed by atoms with Crippen molar-refractivity contribution in [3.63, 3.8) is 0 Å². The van der Waals surface area contributed by atoms with Crippen molar-refractivity contribution in [2.45, 2.75) is 37.0 Å². The van der Waals surface area contributed by atoms with Crippen molar-refractivity contribution in [2.24, 2.45) is 5.73 Å². The van der Waals surface area contributed by atoms with Crippen LogP contribution < -0.4 is 5.73 Å². The second-order valence-electron chi connectivity index (χ2n) is 5.00. The van der Waals surface area contributed by atoms with Crippen LogP contribution in [0.1, 0.15) is 40.2 Å². The van der Waals surface area contributed by atoms with Gasteiger partial charge in [0.25, 0.3) is 0 Å². The summed E-state index contributed by atoms with van der Waals surface area (Å²) in [5.41, 5.74) is 5.40. The van der Waals surface area contributed by atoms with E-state index in [1.807, 2.05) is 6.07 Å². The summed E-state index contributed by atoms with van der Waals surface area (Å²) in [4.78, 5) is 12.8.